The smallest absolute Gasteiger partial charge is 0.0614 e. The second-order valence-corrected chi connectivity index (χ2v) is 17.5. The molecule has 4 heteroatoms. The van der Waals surface area contributed by atoms with Crippen molar-refractivity contribution in [3.8, 4) is 11.1 Å². The van der Waals surface area contributed by atoms with Crippen LogP contribution in [0.15, 0.2) is 48.5 Å². The molecule has 2 aromatic rings. The highest BCUT2D eigenvalue weighted by Crippen LogP contribution is 2.64. The van der Waals surface area contributed by atoms with Gasteiger partial charge in [-0.25, -0.2) is 0 Å². The van der Waals surface area contributed by atoms with Crippen molar-refractivity contribution in [1.29, 1.82) is 0 Å². The van der Waals surface area contributed by atoms with E-state index in [1.54, 1.807) is 0 Å². The summed E-state index contributed by atoms with van der Waals surface area (Å²) in [7, 11) is 10.3. The van der Waals surface area contributed by atoms with Crippen LogP contribution in [0.3, 0.4) is 0 Å². The average Bonchev–Trinajstić information content (AvgIpc) is 2.52. The summed E-state index contributed by atoms with van der Waals surface area (Å²) in [6, 6.07) is 17.3. The van der Waals surface area contributed by atoms with Gasteiger partial charge in [-0.15, -0.1) is 0 Å². The van der Waals surface area contributed by atoms with Crippen LogP contribution in [-0.2, 0) is 0 Å². The fraction of sp³-hybridized carbons (Fsp3) is 0.455. The van der Waals surface area contributed by atoms with Gasteiger partial charge in [-0.1, -0.05) is 36.4 Å². The maximum Gasteiger partial charge on any atom is 0.371 e. The van der Waals surface area contributed by atoms with E-state index >= 15 is 0 Å². The van der Waals surface area contributed by atoms with E-state index in [2.05, 4.69) is 103 Å². The first kappa shape index (κ1) is 21.7. The van der Waals surface area contributed by atoms with Crippen LogP contribution in [0, 0.1) is 0 Å². The molecule has 2 unspecified atom stereocenters. The normalized spacial score (nSPS) is 17.4. The minimum absolute atomic E-state index is 0.0449. The lowest BCUT2D eigenvalue weighted by atomic mass is 10.1. The molecule has 0 aliphatic carbocycles. The van der Waals surface area contributed by atoms with Gasteiger partial charge in [-0.2, -0.15) is 0 Å². The van der Waals surface area contributed by atoms with Gasteiger partial charge in [0.15, 0.2) is 0 Å². The molecule has 134 valence electrons. The van der Waals surface area contributed by atoms with Crippen molar-refractivity contribution >= 4 is 40.0 Å². The van der Waals surface area contributed by atoms with E-state index in [0.29, 0.717) is 0 Å². The van der Waals surface area contributed by atoms with Crippen LogP contribution >= 0.6 is 14.3 Å². The molecule has 26 heavy (non-hydrogen) atoms. The summed E-state index contributed by atoms with van der Waals surface area (Å²) in [6.45, 7) is 18.0. The Hall–Kier alpha value is -0.570. The van der Waals surface area contributed by atoms with Gasteiger partial charge in [0.25, 0.3) is 0 Å². The third kappa shape index (κ3) is 3.84. The molecule has 2 aromatic carbocycles. The largest absolute Gasteiger partial charge is 0.371 e. The first-order valence-corrected chi connectivity index (χ1v) is 13.8. The van der Waals surface area contributed by atoms with Gasteiger partial charge in [0, 0.05) is 24.5 Å². The van der Waals surface area contributed by atoms with Gasteiger partial charge in [0.2, 0.25) is 0 Å². The highest BCUT2D eigenvalue weighted by Gasteiger charge is 2.46. The summed E-state index contributed by atoms with van der Waals surface area (Å²) < 4.78 is 0. The molecule has 2 rings (SSSR count). The third-order valence-corrected chi connectivity index (χ3v) is 14.2. The van der Waals surface area contributed by atoms with Crippen LogP contribution in [0.25, 0.3) is 11.1 Å². The molecule has 0 bridgehead atoms. The van der Waals surface area contributed by atoms with Crippen LogP contribution in [0.1, 0.15) is 41.5 Å². The van der Waals surface area contributed by atoms with E-state index in [0.717, 1.165) is 0 Å². The van der Waals surface area contributed by atoms with Crippen molar-refractivity contribution in [2.75, 3.05) is 13.3 Å². The summed E-state index contributed by atoms with van der Waals surface area (Å²) >= 11 is 0. The van der Waals surface area contributed by atoms with Gasteiger partial charge in [-0.3, -0.25) is 0 Å². The zero-order chi connectivity index (χ0) is 20.0. The van der Waals surface area contributed by atoms with Crippen molar-refractivity contribution in [1.82, 2.24) is 0 Å². The van der Waals surface area contributed by atoms with Crippen LogP contribution < -0.4 is 10.6 Å². The van der Waals surface area contributed by atoms with Crippen LogP contribution in [0.4, 0.5) is 0 Å². The van der Waals surface area contributed by atoms with Crippen molar-refractivity contribution in [2.45, 2.75) is 51.9 Å². The summed E-state index contributed by atoms with van der Waals surface area (Å²) in [6.07, 6.45) is 0. The fourth-order valence-corrected chi connectivity index (χ4v) is 6.56. The number of rotatable bonds is 3. The molecule has 0 aliphatic rings. The minimum Gasteiger partial charge on any atom is -0.0614 e. The van der Waals surface area contributed by atoms with E-state index in [1.807, 2.05) is 0 Å². The summed E-state index contributed by atoms with van der Waals surface area (Å²) in [4.78, 5) is 0. The SMILES string of the molecule is [B][P+](C)(c1ccccc1-c1ccccc1[P+]([B])(C)C(C)(C)C)C(C)(C)C. The average molecular weight is 380 g/mol. The Morgan fingerprint density at radius 3 is 1.12 bits per heavy atom. The summed E-state index contributed by atoms with van der Waals surface area (Å²) in [5, 5.41) is 2.66. The molecule has 0 fully saturated rings. The molecule has 0 N–H and O–H groups in total. The minimum atomic E-state index is -1.82. The van der Waals surface area contributed by atoms with Crippen molar-refractivity contribution in [3.05, 3.63) is 48.5 Å². The van der Waals surface area contributed by atoms with Crippen molar-refractivity contribution < 1.29 is 0 Å². The molecule has 0 saturated carbocycles. The molecule has 2 atom stereocenters. The van der Waals surface area contributed by atoms with Gasteiger partial charge in [0.05, 0.1) is 20.9 Å². The summed E-state index contributed by atoms with van der Waals surface area (Å²) in [5.41, 5.74) is 2.49. The van der Waals surface area contributed by atoms with Gasteiger partial charge in [0.1, 0.15) is 0 Å². The molecule has 0 saturated heterocycles. The lowest BCUT2D eigenvalue weighted by molar-refractivity contribution is 0.787. The second kappa shape index (κ2) is 7.11. The number of benzene rings is 2. The molecule has 0 heterocycles. The monoisotopic (exact) mass is 380 g/mol. The summed E-state index contributed by atoms with van der Waals surface area (Å²) in [5.74, 6) is 0. The van der Waals surface area contributed by atoms with E-state index in [4.69, 9.17) is 15.1 Å². The predicted molar refractivity (Wildman–Crippen MR) is 128 cm³/mol. The van der Waals surface area contributed by atoms with Crippen LogP contribution in [0.2, 0.25) is 0 Å². The Kier molecular flexibility index (Phi) is 5.94. The molecule has 0 spiro atoms. The number of hydrogen-bond acceptors (Lipinski definition) is 0. The zero-order valence-electron chi connectivity index (χ0n) is 17.7. The van der Waals surface area contributed by atoms with E-state index in [1.165, 1.54) is 21.7 Å². The third-order valence-electron chi connectivity index (χ3n) is 5.89. The van der Waals surface area contributed by atoms with Crippen LogP contribution in [-0.4, -0.2) is 38.8 Å². The van der Waals surface area contributed by atoms with E-state index in [-0.39, 0.29) is 10.3 Å². The number of hydrogen-bond donors (Lipinski definition) is 0. The molecular weight excluding hydrogens is 348 g/mol. The zero-order valence-corrected chi connectivity index (χ0v) is 19.5. The second-order valence-electron chi connectivity index (χ2n) is 9.53. The van der Waals surface area contributed by atoms with E-state index < -0.39 is 14.3 Å². The Bertz CT molecular complexity index is 714. The van der Waals surface area contributed by atoms with Crippen molar-refractivity contribution in [2.24, 2.45) is 0 Å². The van der Waals surface area contributed by atoms with Crippen LogP contribution in [0.5, 0.6) is 0 Å². The Morgan fingerprint density at radius 1 is 0.577 bits per heavy atom. The quantitative estimate of drug-likeness (QED) is 0.476. The molecular formula is C22H32B2P2+2. The predicted octanol–water partition coefficient (Wildman–Crippen LogP) is 5.66. The highest BCUT2D eigenvalue weighted by atomic mass is 31.2. The standard InChI is InChI=1S/C22H32B2P2/c1-21(2,3)25(7,23)19-15-11-9-13-17(19)18-14-10-12-16-20(18)26(8,24)22(4,5)6/h9-16H,1-8H3/q+2. The topological polar surface area (TPSA) is 0 Å². The molecule has 0 amide bonds. The maximum atomic E-state index is 6.99. The molecule has 4 radical (unpaired) electrons. The van der Waals surface area contributed by atoms with Gasteiger partial charge < -0.3 is 0 Å². The highest BCUT2D eigenvalue weighted by molar-refractivity contribution is 8.04. The lowest BCUT2D eigenvalue weighted by Gasteiger charge is -2.36. The maximum absolute atomic E-state index is 6.99. The van der Waals surface area contributed by atoms with Gasteiger partial charge >= 0.3 is 15.1 Å². The van der Waals surface area contributed by atoms with Crippen molar-refractivity contribution in [3.63, 3.8) is 0 Å². The van der Waals surface area contributed by atoms with E-state index in [9.17, 15) is 0 Å². The Labute approximate surface area is 165 Å². The Morgan fingerprint density at radius 2 is 0.846 bits per heavy atom. The first-order chi connectivity index (χ1) is 11.7. The first-order valence-electron chi connectivity index (χ1n) is 9.21. The lowest BCUT2D eigenvalue weighted by Crippen LogP contribution is -2.32. The molecule has 0 aliphatic heterocycles. The Balaban J connectivity index is 2.78. The molecule has 0 nitrogen and oxygen atoms in total. The molecule has 0 aromatic heterocycles. The fourth-order valence-electron chi connectivity index (χ4n) is 2.94. The van der Waals surface area contributed by atoms with Gasteiger partial charge in [-0.05, 0) is 68.0 Å².